The van der Waals surface area contributed by atoms with Crippen molar-refractivity contribution in [3.05, 3.63) is 144 Å². The molecule has 0 aliphatic carbocycles. The third-order valence-electron chi connectivity index (χ3n) is 7.09. The fraction of sp³-hybridized carbons (Fsp3) is 0.242. The Morgan fingerprint density at radius 2 is 1.08 bits per heavy atom. The molecule has 0 bridgehead atoms. The highest BCUT2D eigenvalue weighted by molar-refractivity contribution is 5.80. The summed E-state index contributed by atoms with van der Waals surface area (Å²) in [4.78, 5) is 16.1. The summed E-state index contributed by atoms with van der Waals surface area (Å²) in [5.41, 5.74) is 4.72. The summed E-state index contributed by atoms with van der Waals surface area (Å²) in [7, 11) is 0. The lowest BCUT2D eigenvalue weighted by molar-refractivity contribution is -0.154. The SMILES string of the molecule is O=C1[C@H](Cc2ccccc2)C[C@@H](OCc2ccccc2)[C@H](Cc2ccccc2)N1Cc1ccccc1. The van der Waals surface area contributed by atoms with Crippen LogP contribution >= 0.6 is 0 Å². The number of benzene rings is 4. The van der Waals surface area contributed by atoms with E-state index in [1.807, 2.05) is 60.7 Å². The summed E-state index contributed by atoms with van der Waals surface area (Å²) in [6, 6.07) is 41.4. The first-order chi connectivity index (χ1) is 17.8. The average molecular weight is 476 g/mol. The van der Waals surface area contributed by atoms with Gasteiger partial charge in [-0.1, -0.05) is 121 Å². The molecule has 0 radical (unpaired) electrons. The number of likely N-dealkylation sites (tertiary alicyclic amines) is 1. The summed E-state index contributed by atoms with van der Waals surface area (Å²) in [6.45, 7) is 1.13. The zero-order valence-electron chi connectivity index (χ0n) is 20.6. The van der Waals surface area contributed by atoms with Crippen LogP contribution < -0.4 is 0 Å². The molecule has 0 unspecified atom stereocenters. The fourth-order valence-corrected chi connectivity index (χ4v) is 5.24. The van der Waals surface area contributed by atoms with Crippen LogP contribution in [0.2, 0.25) is 0 Å². The van der Waals surface area contributed by atoms with E-state index in [-0.39, 0.29) is 24.0 Å². The summed E-state index contributed by atoms with van der Waals surface area (Å²) >= 11 is 0. The molecule has 1 heterocycles. The van der Waals surface area contributed by atoms with Gasteiger partial charge in [0.15, 0.2) is 0 Å². The van der Waals surface area contributed by atoms with Crippen LogP contribution in [0, 0.1) is 5.92 Å². The van der Waals surface area contributed by atoms with Crippen LogP contribution in [-0.4, -0.2) is 23.0 Å². The molecule has 1 saturated heterocycles. The predicted molar refractivity (Wildman–Crippen MR) is 144 cm³/mol. The molecule has 182 valence electrons. The highest BCUT2D eigenvalue weighted by Crippen LogP contribution is 2.32. The Kier molecular flexibility index (Phi) is 7.89. The monoisotopic (exact) mass is 475 g/mol. The van der Waals surface area contributed by atoms with Gasteiger partial charge < -0.3 is 9.64 Å². The normalized spacial score (nSPS) is 19.8. The Bertz CT molecular complexity index is 1210. The Balaban J connectivity index is 1.46. The number of hydrogen-bond donors (Lipinski definition) is 0. The van der Waals surface area contributed by atoms with Crippen molar-refractivity contribution >= 4 is 5.91 Å². The van der Waals surface area contributed by atoms with Gasteiger partial charge in [0.1, 0.15) is 0 Å². The van der Waals surface area contributed by atoms with E-state index in [0.717, 1.165) is 30.4 Å². The molecule has 1 amide bonds. The molecule has 4 aromatic carbocycles. The average Bonchev–Trinajstić information content (AvgIpc) is 2.94. The van der Waals surface area contributed by atoms with Gasteiger partial charge >= 0.3 is 0 Å². The quantitative estimate of drug-likeness (QED) is 0.277. The molecule has 1 aliphatic heterocycles. The van der Waals surface area contributed by atoms with Crippen LogP contribution in [0.15, 0.2) is 121 Å². The van der Waals surface area contributed by atoms with Crippen LogP contribution in [0.5, 0.6) is 0 Å². The second kappa shape index (κ2) is 11.8. The minimum Gasteiger partial charge on any atom is -0.371 e. The van der Waals surface area contributed by atoms with E-state index in [4.69, 9.17) is 4.74 Å². The number of hydrogen-bond acceptors (Lipinski definition) is 2. The van der Waals surface area contributed by atoms with Gasteiger partial charge in [0.2, 0.25) is 5.91 Å². The smallest absolute Gasteiger partial charge is 0.226 e. The van der Waals surface area contributed by atoms with Crippen LogP contribution in [0.1, 0.15) is 28.7 Å². The zero-order chi connectivity index (χ0) is 24.6. The second-order valence-corrected chi connectivity index (χ2v) is 9.67. The van der Waals surface area contributed by atoms with E-state index in [0.29, 0.717) is 13.2 Å². The molecule has 3 heteroatoms. The van der Waals surface area contributed by atoms with Crippen molar-refractivity contribution < 1.29 is 9.53 Å². The third-order valence-corrected chi connectivity index (χ3v) is 7.09. The molecule has 0 aromatic heterocycles. The maximum Gasteiger partial charge on any atom is 0.226 e. The van der Waals surface area contributed by atoms with E-state index in [2.05, 4.69) is 65.6 Å². The second-order valence-electron chi connectivity index (χ2n) is 9.67. The fourth-order valence-electron chi connectivity index (χ4n) is 5.24. The molecule has 1 aliphatic rings. The van der Waals surface area contributed by atoms with E-state index in [1.165, 1.54) is 11.1 Å². The standard InChI is InChI=1S/C33H33NO2/c35-33-30(21-26-13-5-1-6-14-26)23-32(36-25-29-19-11-4-12-20-29)31(22-27-15-7-2-8-16-27)34(33)24-28-17-9-3-10-18-28/h1-20,30-32H,21-25H2/t30-,31+,32-/m1/s1. The number of carbonyl (C=O) groups excluding carboxylic acids is 1. The molecule has 0 N–H and O–H groups in total. The van der Waals surface area contributed by atoms with Gasteiger partial charge in [0, 0.05) is 12.5 Å². The topological polar surface area (TPSA) is 29.5 Å². The van der Waals surface area contributed by atoms with Gasteiger partial charge in [-0.25, -0.2) is 0 Å². The first-order valence-corrected chi connectivity index (χ1v) is 12.8. The number of rotatable bonds is 9. The van der Waals surface area contributed by atoms with Crippen LogP contribution in [0.3, 0.4) is 0 Å². The van der Waals surface area contributed by atoms with Gasteiger partial charge in [-0.2, -0.15) is 0 Å². The maximum atomic E-state index is 14.0. The minimum absolute atomic E-state index is 0.0316. The van der Waals surface area contributed by atoms with E-state index in [9.17, 15) is 4.79 Å². The molecule has 3 nitrogen and oxygen atoms in total. The first-order valence-electron chi connectivity index (χ1n) is 12.8. The number of nitrogens with zero attached hydrogens (tertiary/aromatic N) is 1. The summed E-state index contributed by atoms with van der Waals surface area (Å²) < 4.78 is 6.64. The molecule has 3 atom stereocenters. The van der Waals surface area contributed by atoms with Crippen molar-refractivity contribution in [3.63, 3.8) is 0 Å². The van der Waals surface area contributed by atoms with Crippen LogP contribution in [-0.2, 0) is 35.5 Å². The van der Waals surface area contributed by atoms with E-state index >= 15 is 0 Å². The number of piperidine rings is 1. The van der Waals surface area contributed by atoms with Crippen molar-refractivity contribution in [2.45, 2.75) is 44.6 Å². The number of carbonyl (C=O) groups is 1. The molecule has 0 saturated carbocycles. The van der Waals surface area contributed by atoms with Crippen molar-refractivity contribution in [1.29, 1.82) is 0 Å². The molecule has 4 aromatic rings. The Morgan fingerprint density at radius 3 is 1.64 bits per heavy atom. The highest BCUT2D eigenvalue weighted by Gasteiger charge is 2.42. The molecule has 1 fully saturated rings. The third kappa shape index (κ3) is 6.10. The van der Waals surface area contributed by atoms with Crippen LogP contribution in [0.4, 0.5) is 0 Å². The lowest BCUT2D eigenvalue weighted by atomic mass is 9.82. The van der Waals surface area contributed by atoms with Gasteiger partial charge in [-0.3, -0.25) is 4.79 Å². The Morgan fingerprint density at radius 1 is 0.611 bits per heavy atom. The lowest BCUT2D eigenvalue weighted by Gasteiger charge is -2.44. The Labute approximate surface area is 214 Å². The highest BCUT2D eigenvalue weighted by atomic mass is 16.5. The first kappa shape index (κ1) is 24.0. The zero-order valence-corrected chi connectivity index (χ0v) is 20.6. The summed E-state index contributed by atoms with van der Waals surface area (Å²) in [5, 5.41) is 0. The van der Waals surface area contributed by atoms with Gasteiger partial charge in [0.25, 0.3) is 0 Å². The molecule has 36 heavy (non-hydrogen) atoms. The van der Waals surface area contributed by atoms with Crippen LogP contribution in [0.25, 0.3) is 0 Å². The van der Waals surface area contributed by atoms with Crippen molar-refractivity contribution in [2.24, 2.45) is 5.92 Å². The van der Waals surface area contributed by atoms with Crippen molar-refractivity contribution in [1.82, 2.24) is 4.90 Å². The van der Waals surface area contributed by atoms with E-state index in [1.54, 1.807) is 0 Å². The predicted octanol–water partition coefficient (Wildman–Crippen LogP) is 6.47. The van der Waals surface area contributed by atoms with E-state index < -0.39 is 0 Å². The largest absolute Gasteiger partial charge is 0.371 e. The molecule has 0 spiro atoms. The lowest BCUT2D eigenvalue weighted by Crippen LogP contribution is -2.56. The van der Waals surface area contributed by atoms with Gasteiger partial charge in [-0.15, -0.1) is 0 Å². The Hall–Kier alpha value is -3.69. The summed E-state index contributed by atoms with van der Waals surface area (Å²) in [6.07, 6.45) is 2.18. The summed E-state index contributed by atoms with van der Waals surface area (Å²) in [5.74, 6) is 0.118. The van der Waals surface area contributed by atoms with Gasteiger partial charge in [-0.05, 0) is 41.5 Å². The maximum absolute atomic E-state index is 14.0. The number of amides is 1. The number of ether oxygens (including phenoxy) is 1. The molecular weight excluding hydrogens is 442 g/mol. The molecule has 5 rings (SSSR count). The van der Waals surface area contributed by atoms with Crippen molar-refractivity contribution in [2.75, 3.05) is 0 Å². The molecular formula is C33H33NO2. The van der Waals surface area contributed by atoms with Crippen molar-refractivity contribution in [3.8, 4) is 0 Å². The minimum atomic E-state index is -0.107. The van der Waals surface area contributed by atoms with Gasteiger partial charge in [0.05, 0.1) is 18.8 Å².